The summed E-state index contributed by atoms with van der Waals surface area (Å²) in [5.41, 5.74) is 2.30. The van der Waals surface area contributed by atoms with Gasteiger partial charge in [0.25, 0.3) is 0 Å². The van der Waals surface area contributed by atoms with Gasteiger partial charge in [-0.2, -0.15) is 0 Å². The third-order valence-corrected chi connectivity index (χ3v) is 5.21. The fourth-order valence-electron chi connectivity index (χ4n) is 3.27. The van der Waals surface area contributed by atoms with Crippen molar-refractivity contribution in [1.29, 1.82) is 0 Å². The minimum absolute atomic E-state index is 0.339. The molecule has 2 aromatic rings. The summed E-state index contributed by atoms with van der Waals surface area (Å²) in [6.45, 7) is 6.28. The Hall–Kier alpha value is -1.14. The maximum atomic E-state index is 10.2. The predicted molar refractivity (Wildman–Crippen MR) is 110 cm³/mol. The average molecular weight is 409 g/mol. The molecule has 1 saturated heterocycles. The summed E-state index contributed by atoms with van der Waals surface area (Å²) in [6.07, 6.45) is -0.475. The van der Waals surface area contributed by atoms with Crippen molar-refractivity contribution in [3.8, 4) is 0 Å². The molecule has 0 bridgehead atoms. The molecule has 1 unspecified atom stereocenters. The van der Waals surface area contributed by atoms with Gasteiger partial charge in [-0.1, -0.05) is 47.5 Å². The van der Waals surface area contributed by atoms with E-state index in [1.807, 2.05) is 42.5 Å². The summed E-state index contributed by atoms with van der Waals surface area (Å²) in [4.78, 5) is 4.72. The molecule has 1 atom stereocenters. The van der Waals surface area contributed by atoms with Gasteiger partial charge in [0.15, 0.2) is 0 Å². The zero-order chi connectivity index (χ0) is 19.1. The number of aliphatic hydroxyl groups excluding tert-OH is 1. The van der Waals surface area contributed by atoms with Gasteiger partial charge in [0, 0.05) is 49.3 Å². The molecule has 0 saturated carbocycles. The number of hydrogen-bond donors (Lipinski definition) is 1. The highest BCUT2D eigenvalue weighted by Crippen LogP contribution is 2.14. The second-order valence-corrected chi connectivity index (χ2v) is 7.87. The Morgan fingerprint density at radius 2 is 1.59 bits per heavy atom. The largest absolute Gasteiger partial charge is 0.389 e. The normalized spacial score (nSPS) is 17.1. The van der Waals surface area contributed by atoms with Crippen LogP contribution < -0.4 is 0 Å². The fraction of sp³-hybridized carbons (Fsp3) is 0.429. The lowest BCUT2D eigenvalue weighted by molar-refractivity contribution is 0.000878. The van der Waals surface area contributed by atoms with Gasteiger partial charge >= 0.3 is 0 Å². The minimum atomic E-state index is -0.475. The average Bonchev–Trinajstić information content (AvgIpc) is 2.65. The molecule has 27 heavy (non-hydrogen) atoms. The first kappa shape index (κ1) is 20.6. The van der Waals surface area contributed by atoms with Crippen LogP contribution in [0.4, 0.5) is 0 Å². The number of hydrogen-bond acceptors (Lipinski definition) is 4. The molecular formula is C21H26Cl2N2O2. The topological polar surface area (TPSA) is 35.9 Å². The van der Waals surface area contributed by atoms with Gasteiger partial charge < -0.3 is 9.84 Å². The third-order valence-electron chi connectivity index (χ3n) is 4.72. The number of halogens is 2. The van der Waals surface area contributed by atoms with E-state index >= 15 is 0 Å². The zero-order valence-corrected chi connectivity index (χ0v) is 16.9. The maximum Gasteiger partial charge on any atom is 0.0900 e. The van der Waals surface area contributed by atoms with Gasteiger partial charge in [-0.15, -0.1) is 0 Å². The fourth-order valence-corrected chi connectivity index (χ4v) is 3.61. The highest BCUT2D eigenvalue weighted by molar-refractivity contribution is 6.30. The first-order valence-electron chi connectivity index (χ1n) is 9.28. The molecule has 4 nitrogen and oxygen atoms in total. The molecule has 1 aliphatic rings. The molecule has 0 spiro atoms. The summed E-state index contributed by atoms with van der Waals surface area (Å²) in [6, 6.07) is 15.6. The van der Waals surface area contributed by atoms with Crippen LogP contribution in [-0.4, -0.2) is 60.3 Å². The van der Waals surface area contributed by atoms with Crippen LogP contribution in [0.25, 0.3) is 0 Å². The van der Waals surface area contributed by atoms with Crippen LogP contribution in [-0.2, 0) is 17.9 Å². The van der Waals surface area contributed by atoms with E-state index in [9.17, 15) is 5.11 Å². The second kappa shape index (κ2) is 10.4. The van der Waals surface area contributed by atoms with E-state index in [4.69, 9.17) is 27.9 Å². The van der Waals surface area contributed by atoms with E-state index < -0.39 is 6.10 Å². The second-order valence-electron chi connectivity index (χ2n) is 7.00. The number of ether oxygens (including phenoxy) is 1. The molecule has 6 heteroatoms. The van der Waals surface area contributed by atoms with Crippen molar-refractivity contribution in [1.82, 2.24) is 9.80 Å². The Bertz CT molecular complexity index is 704. The Balaban J connectivity index is 1.33. The standard InChI is InChI=1S/C21H26Cl2N2O2/c22-19-6-4-17(5-7-19)15-27-16-21(26)14-25-10-8-24(9-11-25)13-18-2-1-3-20(23)12-18/h1-7,12,21,26H,8-11,13-16H2. The van der Waals surface area contributed by atoms with Gasteiger partial charge in [-0.3, -0.25) is 9.80 Å². The van der Waals surface area contributed by atoms with Crippen molar-refractivity contribution in [2.45, 2.75) is 19.3 Å². The highest BCUT2D eigenvalue weighted by atomic mass is 35.5. The van der Waals surface area contributed by atoms with Crippen molar-refractivity contribution in [2.75, 3.05) is 39.3 Å². The quantitative estimate of drug-likeness (QED) is 0.722. The number of aliphatic hydroxyl groups is 1. The zero-order valence-electron chi connectivity index (χ0n) is 15.4. The van der Waals surface area contributed by atoms with Crippen LogP contribution in [0.2, 0.25) is 10.0 Å². The molecule has 1 heterocycles. The van der Waals surface area contributed by atoms with E-state index in [0.29, 0.717) is 24.8 Å². The summed E-state index contributed by atoms with van der Waals surface area (Å²) >= 11 is 11.9. The number of piperazine rings is 1. The van der Waals surface area contributed by atoms with E-state index in [0.717, 1.165) is 43.3 Å². The number of nitrogens with zero attached hydrogens (tertiary/aromatic N) is 2. The number of β-amino-alcohol motifs (C(OH)–C–C–N with tert-alkyl or cyclic N) is 1. The number of rotatable bonds is 8. The van der Waals surface area contributed by atoms with Crippen molar-refractivity contribution < 1.29 is 9.84 Å². The lowest BCUT2D eigenvalue weighted by atomic mass is 10.2. The lowest BCUT2D eigenvalue weighted by Crippen LogP contribution is -2.48. The highest BCUT2D eigenvalue weighted by Gasteiger charge is 2.19. The maximum absolute atomic E-state index is 10.2. The summed E-state index contributed by atoms with van der Waals surface area (Å²) in [5, 5.41) is 11.7. The lowest BCUT2D eigenvalue weighted by Gasteiger charge is -2.35. The van der Waals surface area contributed by atoms with Crippen molar-refractivity contribution in [2.24, 2.45) is 0 Å². The SMILES string of the molecule is OC(COCc1ccc(Cl)cc1)CN1CCN(Cc2cccc(Cl)c2)CC1. The van der Waals surface area contributed by atoms with Crippen LogP contribution >= 0.6 is 23.2 Å². The Kier molecular flexibility index (Phi) is 7.94. The Morgan fingerprint density at radius 3 is 2.30 bits per heavy atom. The molecule has 1 aliphatic heterocycles. The smallest absolute Gasteiger partial charge is 0.0900 e. The van der Waals surface area contributed by atoms with Crippen molar-refractivity contribution in [3.05, 3.63) is 69.7 Å². The summed E-state index contributed by atoms with van der Waals surface area (Å²) < 4.78 is 5.63. The van der Waals surface area contributed by atoms with E-state index in [2.05, 4.69) is 15.9 Å². The van der Waals surface area contributed by atoms with Crippen LogP contribution in [0.3, 0.4) is 0 Å². The van der Waals surface area contributed by atoms with E-state index in [-0.39, 0.29) is 0 Å². The molecule has 3 rings (SSSR count). The molecule has 1 fully saturated rings. The molecule has 0 radical (unpaired) electrons. The van der Waals surface area contributed by atoms with Crippen LogP contribution in [0.1, 0.15) is 11.1 Å². The van der Waals surface area contributed by atoms with Crippen LogP contribution in [0, 0.1) is 0 Å². The van der Waals surface area contributed by atoms with Gasteiger partial charge in [0.2, 0.25) is 0 Å². The van der Waals surface area contributed by atoms with Crippen molar-refractivity contribution in [3.63, 3.8) is 0 Å². The molecule has 2 aromatic carbocycles. The minimum Gasteiger partial charge on any atom is -0.389 e. The molecule has 146 valence electrons. The Morgan fingerprint density at radius 1 is 0.889 bits per heavy atom. The molecular weight excluding hydrogens is 383 g/mol. The molecule has 0 aromatic heterocycles. The van der Waals surface area contributed by atoms with E-state index in [1.165, 1.54) is 5.56 Å². The van der Waals surface area contributed by atoms with Crippen LogP contribution in [0.5, 0.6) is 0 Å². The molecule has 1 N–H and O–H groups in total. The van der Waals surface area contributed by atoms with Gasteiger partial charge in [0.1, 0.15) is 0 Å². The number of benzene rings is 2. The summed E-state index contributed by atoms with van der Waals surface area (Å²) in [5.74, 6) is 0. The van der Waals surface area contributed by atoms with Gasteiger partial charge in [0.05, 0.1) is 19.3 Å². The third kappa shape index (κ3) is 7.07. The Labute approximate surface area is 171 Å². The predicted octanol–water partition coefficient (Wildman–Crippen LogP) is 3.69. The first-order chi connectivity index (χ1) is 13.1. The summed E-state index contributed by atoms with van der Waals surface area (Å²) in [7, 11) is 0. The molecule has 0 amide bonds. The van der Waals surface area contributed by atoms with Gasteiger partial charge in [-0.25, -0.2) is 0 Å². The van der Waals surface area contributed by atoms with Crippen LogP contribution in [0.15, 0.2) is 48.5 Å². The van der Waals surface area contributed by atoms with Crippen molar-refractivity contribution >= 4 is 23.2 Å². The monoisotopic (exact) mass is 408 g/mol. The van der Waals surface area contributed by atoms with E-state index in [1.54, 1.807) is 0 Å². The van der Waals surface area contributed by atoms with Gasteiger partial charge in [-0.05, 0) is 35.4 Å². The first-order valence-corrected chi connectivity index (χ1v) is 10.0. The molecule has 0 aliphatic carbocycles.